The van der Waals surface area contributed by atoms with E-state index in [1.54, 1.807) is 7.11 Å². The maximum absolute atomic E-state index is 5.35. The molecule has 2 aromatic rings. The Balaban J connectivity index is 1.72. The first-order chi connectivity index (χ1) is 15.4. The van der Waals surface area contributed by atoms with E-state index < -0.39 is 0 Å². The Morgan fingerprint density at radius 3 is 2.44 bits per heavy atom. The molecule has 2 N–H and O–H groups in total. The Kier molecular flexibility index (Phi) is 8.56. The lowest BCUT2D eigenvalue weighted by molar-refractivity contribution is 0.251. The lowest BCUT2D eigenvalue weighted by Crippen LogP contribution is -2.43. The van der Waals surface area contributed by atoms with E-state index in [1.807, 2.05) is 23.9 Å². The number of likely N-dealkylation sites (tertiary alicyclic amines) is 1. The smallest absolute Gasteiger partial charge is 0.191 e. The first-order valence-electron chi connectivity index (χ1n) is 11.8. The highest BCUT2D eigenvalue weighted by Gasteiger charge is 2.23. The third-order valence-corrected chi connectivity index (χ3v) is 6.40. The number of methoxy groups -OCH3 is 1. The summed E-state index contributed by atoms with van der Waals surface area (Å²) in [5.41, 5.74) is 4.94. The number of aliphatic imine (C=N–C) groups is 1. The molecule has 1 aromatic heterocycles. The second-order valence-corrected chi connectivity index (χ2v) is 8.77. The number of nitrogens with zero attached hydrogens (tertiary/aromatic N) is 4. The molecule has 0 amide bonds. The van der Waals surface area contributed by atoms with Gasteiger partial charge in [0, 0.05) is 25.3 Å². The van der Waals surface area contributed by atoms with Gasteiger partial charge in [-0.25, -0.2) is 0 Å². The maximum atomic E-state index is 5.35. The van der Waals surface area contributed by atoms with Crippen molar-refractivity contribution >= 4 is 5.96 Å². The monoisotopic (exact) mass is 440 g/mol. The highest BCUT2D eigenvalue weighted by Crippen LogP contribution is 2.27. The molecule has 2 heterocycles. The van der Waals surface area contributed by atoms with E-state index in [0.717, 1.165) is 50.0 Å². The minimum absolute atomic E-state index is 0.251. The number of aromatic nitrogens is 2. The Hall–Kier alpha value is -2.54. The summed E-state index contributed by atoms with van der Waals surface area (Å²) < 4.78 is 7.31. The van der Waals surface area contributed by atoms with Crippen LogP contribution in [0.3, 0.4) is 0 Å². The summed E-state index contributed by atoms with van der Waals surface area (Å²) >= 11 is 0. The summed E-state index contributed by atoms with van der Waals surface area (Å²) in [7, 11) is 3.72. The second kappa shape index (κ2) is 11.4. The van der Waals surface area contributed by atoms with Crippen molar-refractivity contribution in [3.05, 3.63) is 46.8 Å². The summed E-state index contributed by atoms with van der Waals surface area (Å²) in [6.45, 7) is 12.4. The van der Waals surface area contributed by atoms with Gasteiger partial charge in [0.1, 0.15) is 5.75 Å². The van der Waals surface area contributed by atoms with Crippen molar-refractivity contribution in [2.75, 3.05) is 33.3 Å². The van der Waals surface area contributed by atoms with Crippen LogP contribution >= 0.6 is 0 Å². The fraction of sp³-hybridized carbons (Fsp3) is 0.600. The van der Waals surface area contributed by atoms with Crippen LogP contribution in [0.5, 0.6) is 5.75 Å². The van der Waals surface area contributed by atoms with E-state index in [0.29, 0.717) is 0 Å². The van der Waals surface area contributed by atoms with Crippen LogP contribution in [-0.2, 0) is 13.5 Å². The molecule has 2 unspecified atom stereocenters. The van der Waals surface area contributed by atoms with Gasteiger partial charge in [-0.3, -0.25) is 14.6 Å². The van der Waals surface area contributed by atoms with Crippen molar-refractivity contribution in [1.82, 2.24) is 25.3 Å². The van der Waals surface area contributed by atoms with Gasteiger partial charge in [0.25, 0.3) is 0 Å². The van der Waals surface area contributed by atoms with Crippen molar-refractivity contribution in [2.24, 2.45) is 12.0 Å². The fourth-order valence-electron chi connectivity index (χ4n) is 4.51. The van der Waals surface area contributed by atoms with Gasteiger partial charge in [-0.15, -0.1) is 0 Å². The predicted molar refractivity (Wildman–Crippen MR) is 132 cm³/mol. The zero-order valence-electron chi connectivity index (χ0n) is 20.6. The minimum atomic E-state index is 0.251. The van der Waals surface area contributed by atoms with E-state index in [-0.39, 0.29) is 12.1 Å². The fourth-order valence-corrected chi connectivity index (χ4v) is 4.51. The van der Waals surface area contributed by atoms with Gasteiger partial charge >= 0.3 is 0 Å². The average molecular weight is 441 g/mol. The molecule has 1 saturated heterocycles. The molecule has 7 heteroatoms. The Labute approximate surface area is 193 Å². The highest BCUT2D eigenvalue weighted by atomic mass is 16.5. The largest absolute Gasteiger partial charge is 0.497 e. The third kappa shape index (κ3) is 6.03. The summed E-state index contributed by atoms with van der Waals surface area (Å²) in [4.78, 5) is 7.57. The number of hydrogen-bond donors (Lipinski definition) is 2. The predicted octanol–water partition coefficient (Wildman–Crippen LogP) is 3.37. The number of aryl methyl sites for hydroxylation is 2. The van der Waals surface area contributed by atoms with E-state index in [2.05, 4.69) is 60.5 Å². The third-order valence-electron chi connectivity index (χ3n) is 6.40. The molecule has 0 bridgehead atoms. The van der Waals surface area contributed by atoms with Crippen LogP contribution < -0.4 is 15.4 Å². The molecule has 1 aliphatic heterocycles. The SMILES string of the molecule is CCNC(=NCC(c1ccc(OC)cc1)N1CCCC1)NC(C)Cc1c(C)nn(C)c1C. The van der Waals surface area contributed by atoms with Crippen LogP contribution in [0.15, 0.2) is 29.3 Å². The van der Waals surface area contributed by atoms with E-state index >= 15 is 0 Å². The van der Waals surface area contributed by atoms with Crippen molar-refractivity contribution in [3.63, 3.8) is 0 Å². The summed E-state index contributed by atoms with van der Waals surface area (Å²) in [6, 6.07) is 8.97. The van der Waals surface area contributed by atoms with Gasteiger partial charge < -0.3 is 15.4 Å². The molecule has 1 aliphatic rings. The molecule has 0 radical (unpaired) electrons. The number of ether oxygens (including phenoxy) is 1. The Bertz CT molecular complexity index is 883. The molecule has 32 heavy (non-hydrogen) atoms. The molecule has 176 valence electrons. The second-order valence-electron chi connectivity index (χ2n) is 8.77. The van der Waals surface area contributed by atoms with Crippen molar-refractivity contribution in [3.8, 4) is 5.75 Å². The first kappa shape index (κ1) is 24.1. The van der Waals surface area contributed by atoms with Crippen molar-refractivity contribution in [1.29, 1.82) is 0 Å². The van der Waals surface area contributed by atoms with Gasteiger partial charge in [-0.1, -0.05) is 12.1 Å². The highest BCUT2D eigenvalue weighted by molar-refractivity contribution is 5.80. The maximum Gasteiger partial charge on any atom is 0.191 e. The van der Waals surface area contributed by atoms with Gasteiger partial charge in [0.15, 0.2) is 5.96 Å². The quantitative estimate of drug-likeness (QED) is 0.462. The van der Waals surface area contributed by atoms with E-state index in [1.165, 1.54) is 29.7 Å². The summed E-state index contributed by atoms with van der Waals surface area (Å²) in [5, 5.41) is 11.6. The zero-order valence-corrected chi connectivity index (χ0v) is 20.6. The van der Waals surface area contributed by atoms with Crippen LogP contribution in [0.1, 0.15) is 55.2 Å². The molecular formula is C25H40N6O. The first-order valence-corrected chi connectivity index (χ1v) is 11.8. The van der Waals surface area contributed by atoms with Gasteiger partial charge in [-0.05, 0) is 83.3 Å². The number of nitrogens with one attached hydrogen (secondary N) is 2. The number of hydrogen-bond acceptors (Lipinski definition) is 4. The standard InChI is InChI=1S/C25H40N6O/c1-7-26-25(28-18(2)16-23-19(3)29-30(5)20(23)4)27-17-24(31-14-8-9-15-31)21-10-12-22(32-6)13-11-21/h10-13,18,24H,7-9,14-17H2,1-6H3,(H2,26,27,28). The van der Waals surface area contributed by atoms with Gasteiger partial charge in [0.2, 0.25) is 0 Å². The molecular weight excluding hydrogens is 400 g/mol. The molecule has 0 aliphatic carbocycles. The Morgan fingerprint density at radius 2 is 1.88 bits per heavy atom. The molecule has 1 aromatic carbocycles. The molecule has 2 atom stereocenters. The zero-order chi connectivity index (χ0) is 23.1. The topological polar surface area (TPSA) is 66.7 Å². The summed E-state index contributed by atoms with van der Waals surface area (Å²) in [6.07, 6.45) is 3.44. The number of guanidine groups is 1. The van der Waals surface area contributed by atoms with Crippen LogP contribution in [0.2, 0.25) is 0 Å². The minimum Gasteiger partial charge on any atom is -0.497 e. The Morgan fingerprint density at radius 1 is 1.19 bits per heavy atom. The molecule has 0 saturated carbocycles. The average Bonchev–Trinajstić information content (AvgIpc) is 3.39. The van der Waals surface area contributed by atoms with Gasteiger partial charge in [0.05, 0.1) is 25.4 Å². The molecule has 7 nitrogen and oxygen atoms in total. The van der Waals surface area contributed by atoms with Crippen LogP contribution in [0.4, 0.5) is 0 Å². The molecule has 0 spiro atoms. The van der Waals surface area contributed by atoms with Crippen molar-refractivity contribution < 1.29 is 4.74 Å². The van der Waals surface area contributed by atoms with Gasteiger partial charge in [-0.2, -0.15) is 5.10 Å². The number of benzene rings is 1. The van der Waals surface area contributed by atoms with E-state index in [9.17, 15) is 0 Å². The number of rotatable bonds is 9. The van der Waals surface area contributed by atoms with Crippen LogP contribution in [0, 0.1) is 13.8 Å². The van der Waals surface area contributed by atoms with E-state index in [4.69, 9.17) is 9.73 Å². The van der Waals surface area contributed by atoms with Crippen LogP contribution in [0.25, 0.3) is 0 Å². The summed E-state index contributed by atoms with van der Waals surface area (Å²) in [5.74, 6) is 1.76. The normalized spacial score (nSPS) is 16.8. The van der Waals surface area contributed by atoms with Crippen molar-refractivity contribution in [2.45, 2.75) is 59.0 Å². The van der Waals surface area contributed by atoms with Crippen LogP contribution in [-0.4, -0.2) is 60.0 Å². The lowest BCUT2D eigenvalue weighted by Gasteiger charge is -2.27. The lowest BCUT2D eigenvalue weighted by atomic mass is 10.1. The molecule has 1 fully saturated rings. The molecule has 3 rings (SSSR count).